The topological polar surface area (TPSA) is 25.5 Å². The average molecular weight is 389 g/mol. The number of hydrogen-bond acceptors (Lipinski definition) is 3. The number of aromatic nitrogens is 1. The third-order valence-electron chi connectivity index (χ3n) is 6.77. The molecule has 1 saturated heterocycles. The first-order valence-electron chi connectivity index (χ1n) is 11.1. The van der Waals surface area contributed by atoms with E-state index in [0.717, 1.165) is 19.5 Å². The van der Waals surface area contributed by atoms with Crippen molar-refractivity contribution in [2.24, 2.45) is 0 Å². The van der Waals surface area contributed by atoms with E-state index in [2.05, 4.69) is 75.4 Å². The Hall–Kier alpha value is -2.46. The number of anilines is 2. The van der Waals surface area contributed by atoms with Crippen molar-refractivity contribution in [1.82, 2.24) is 9.88 Å². The van der Waals surface area contributed by atoms with E-state index in [4.69, 9.17) is 0 Å². The number of aryl methyl sites for hydroxylation is 1. The van der Waals surface area contributed by atoms with E-state index < -0.39 is 0 Å². The molecule has 0 amide bonds. The number of H-pyrrole nitrogens is 1. The van der Waals surface area contributed by atoms with Crippen LogP contribution in [0.3, 0.4) is 0 Å². The lowest BCUT2D eigenvalue weighted by atomic mass is 9.99. The van der Waals surface area contributed by atoms with Gasteiger partial charge >= 0.3 is 0 Å². The fourth-order valence-electron chi connectivity index (χ4n) is 5.13. The van der Waals surface area contributed by atoms with Gasteiger partial charge in [0.15, 0.2) is 0 Å². The van der Waals surface area contributed by atoms with E-state index in [1.165, 1.54) is 73.3 Å². The lowest BCUT2D eigenvalue weighted by Crippen LogP contribution is -2.47. The van der Waals surface area contributed by atoms with Crippen LogP contribution in [0.25, 0.3) is 10.9 Å². The first-order chi connectivity index (χ1) is 14.3. The molecule has 1 aromatic heterocycles. The molecule has 4 heteroatoms. The van der Waals surface area contributed by atoms with Gasteiger partial charge in [0.1, 0.15) is 0 Å². The van der Waals surface area contributed by atoms with E-state index >= 15 is 0 Å². The molecule has 3 aromatic rings. The highest BCUT2D eigenvalue weighted by atomic mass is 15.3. The van der Waals surface area contributed by atoms with E-state index in [9.17, 15) is 0 Å². The number of fused-ring (bicyclic) bond motifs is 2. The quantitative estimate of drug-likeness (QED) is 0.705. The molecular weight excluding hydrogens is 356 g/mol. The van der Waals surface area contributed by atoms with Gasteiger partial charge in [0.2, 0.25) is 0 Å². The number of nitrogens with one attached hydrogen (secondary N) is 1. The van der Waals surface area contributed by atoms with Crippen LogP contribution in [0.2, 0.25) is 0 Å². The fourth-order valence-corrected chi connectivity index (χ4v) is 5.13. The minimum Gasteiger partial charge on any atom is -0.374 e. The van der Waals surface area contributed by atoms with E-state index in [1.807, 2.05) is 0 Å². The van der Waals surface area contributed by atoms with E-state index in [0.29, 0.717) is 0 Å². The van der Waals surface area contributed by atoms with Crippen molar-refractivity contribution in [1.29, 1.82) is 0 Å². The number of hydrogen-bond donors (Lipinski definition) is 1. The number of aromatic amines is 1. The van der Waals surface area contributed by atoms with Crippen molar-refractivity contribution < 1.29 is 0 Å². The summed E-state index contributed by atoms with van der Waals surface area (Å²) < 4.78 is 0. The van der Waals surface area contributed by atoms with Crippen molar-refractivity contribution in [2.45, 2.75) is 25.7 Å². The second kappa shape index (κ2) is 8.11. The maximum Gasteiger partial charge on any atom is 0.0456 e. The summed E-state index contributed by atoms with van der Waals surface area (Å²) in [5.41, 5.74) is 7.20. The number of rotatable bonds is 5. The second-order valence-electron chi connectivity index (χ2n) is 8.59. The average Bonchev–Trinajstić information content (AvgIpc) is 3.18. The second-order valence-corrected chi connectivity index (χ2v) is 8.59. The van der Waals surface area contributed by atoms with Gasteiger partial charge in [-0.3, -0.25) is 4.90 Å². The molecule has 2 aromatic carbocycles. The molecule has 3 heterocycles. The summed E-state index contributed by atoms with van der Waals surface area (Å²) in [5, 5.41) is 1.39. The molecular formula is C25H32N4. The van der Waals surface area contributed by atoms with Gasteiger partial charge in [-0.2, -0.15) is 0 Å². The van der Waals surface area contributed by atoms with Gasteiger partial charge in [-0.1, -0.05) is 24.3 Å². The van der Waals surface area contributed by atoms with Crippen molar-refractivity contribution in [2.75, 3.05) is 56.1 Å². The Bertz CT molecular complexity index is 968. The van der Waals surface area contributed by atoms with Gasteiger partial charge in [0, 0.05) is 68.2 Å². The zero-order valence-electron chi connectivity index (χ0n) is 17.5. The normalized spacial score (nSPS) is 17.7. The Labute approximate surface area is 174 Å². The number of benzene rings is 2. The fraction of sp³-hybridized carbons (Fsp3) is 0.440. The van der Waals surface area contributed by atoms with E-state index in [1.54, 1.807) is 5.56 Å². The molecule has 2 aliphatic rings. The predicted molar refractivity (Wildman–Crippen MR) is 123 cm³/mol. The van der Waals surface area contributed by atoms with Crippen molar-refractivity contribution in [3.05, 3.63) is 59.8 Å². The smallest absolute Gasteiger partial charge is 0.0456 e. The monoisotopic (exact) mass is 388 g/mol. The zero-order chi connectivity index (χ0) is 19.6. The van der Waals surface area contributed by atoms with Crippen LogP contribution >= 0.6 is 0 Å². The van der Waals surface area contributed by atoms with Gasteiger partial charge in [-0.15, -0.1) is 0 Å². The number of para-hydroxylation sites is 1. The molecule has 29 heavy (non-hydrogen) atoms. The summed E-state index contributed by atoms with van der Waals surface area (Å²) in [4.78, 5) is 11.1. The predicted octanol–water partition coefficient (Wildman–Crippen LogP) is 4.31. The Kier molecular flexibility index (Phi) is 5.19. The maximum absolute atomic E-state index is 3.40. The third kappa shape index (κ3) is 3.74. The molecule has 1 N–H and O–H groups in total. The highest BCUT2D eigenvalue weighted by Crippen LogP contribution is 2.34. The molecule has 0 radical (unpaired) electrons. The lowest BCUT2D eigenvalue weighted by molar-refractivity contribution is 0.255. The van der Waals surface area contributed by atoms with Crippen LogP contribution in [0.4, 0.5) is 11.4 Å². The number of nitrogens with zero attached hydrogens (tertiary/aromatic N) is 3. The van der Waals surface area contributed by atoms with Crippen LogP contribution in [0.5, 0.6) is 0 Å². The Balaban J connectivity index is 1.16. The first-order valence-corrected chi connectivity index (χ1v) is 11.1. The van der Waals surface area contributed by atoms with Gasteiger partial charge in [0.05, 0.1) is 0 Å². The largest absolute Gasteiger partial charge is 0.374 e. The summed E-state index contributed by atoms with van der Waals surface area (Å²) >= 11 is 0. The molecule has 2 aliphatic heterocycles. The Morgan fingerprint density at radius 3 is 2.62 bits per heavy atom. The summed E-state index contributed by atoms with van der Waals surface area (Å²) in [7, 11) is 2.23. The highest BCUT2D eigenvalue weighted by molar-refractivity contribution is 5.83. The SMILES string of the molecule is CN1CCCc2c1cccc2N1CCN(CCCc2c[nH]c3ccccc23)CC1. The summed E-state index contributed by atoms with van der Waals surface area (Å²) in [6.45, 7) is 7.02. The van der Waals surface area contributed by atoms with Gasteiger partial charge < -0.3 is 14.8 Å². The lowest BCUT2D eigenvalue weighted by Gasteiger charge is -2.39. The maximum atomic E-state index is 3.40. The Morgan fingerprint density at radius 2 is 1.72 bits per heavy atom. The van der Waals surface area contributed by atoms with Crippen LogP contribution < -0.4 is 9.80 Å². The molecule has 1 fully saturated rings. The number of piperazine rings is 1. The van der Waals surface area contributed by atoms with Crippen LogP contribution in [-0.4, -0.2) is 56.2 Å². The van der Waals surface area contributed by atoms with Crippen LogP contribution in [-0.2, 0) is 12.8 Å². The van der Waals surface area contributed by atoms with Crippen molar-refractivity contribution >= 4 is 22.3 Å². The zero-order valence-corrected chi connectivity index (χ0v) is 17.5. The van der Waals surface area contributed by atoms with Crippen molar-refractivity contribution in [3.8, 4) is 0 Å². The van der Waals surface area contributed by atoms with Crippen molar-refractivity contribution in [3.63, 3.8) is 0 Å². The minimum atomic E-state index is 1.15. The molecule has 0 unspecified atom stereocenters. The third-order valence-corrected chi connectivity index (χ3v) is 6.77. The summed E-state index contributed by atoms with van der Waals surface area (Å²) in [5.74, 6) is 0. The standard InChI is InChI=1S/C25H32N4/c1-27-13-6-9-22-24(27)11-4-12-25(22)29-17-15-28(16-18-29)14-5-7-20-19-26-23-10-3-2-8-21(20)23/h2-4,8,10-12,19,26H,5-7,9,13-18H2,1H3. The van der Waals surface area contributed by atoms with Crippen LogP contribution in [0.15, 0.2) is 48.7 Å². The van der Waals surface area contributed by atoms with Gasteiger partial charge in [-0.25, -0.2) is 0 Å². The van der Waals surface area contributed by atoms with Crippen LogP contribution in [0.1, 0.15) is 24.0 Å². The Morgan fingerprint density at radius 1 is 0.897 bits per heavy atom. The molecule has 0 spiro atoms. The van der Waals surface area contributed by atoms with Crippen LogP contribution in [0, 0.1) is 0 Å². The molecule has 152 valence electrons. The summed E-state index contributed by atoms with van der Waals surface area (Å²) in [6.07, 6.45) is 7.07. The molecule has 0 bridgehead atoms. The van der Waals surface area contributed by atoms with Gasteiger partial charge in [0.25, 0.3) is 0 Å². The molecule has 0 saturated carbocycles. The molecule has 5 rings (SSSR count). The summed E-state index contributed by atoms with van der Waals surface area (Å²) in [6, 6.07) is 15.5. The molecule has 4 nitrogen and oxygen atoms in total. The molecule has 0 atom stereocenters. The highest BCUT2D eigenvalue weighted by Gasteiger charge is 2.23. The first kappa shape index (κ1) is 18.6. The van der Waals surface area contributed by atoms with E-state index in [-0.39, 0.29) is 0 Å². The molecule has 0 aliphatic carbocycles. The van der Waals surface area contributed by atoms with Gasteiger partial charge in [-0.05, 0) is 61.6 Å². The minimum absolute atomic E-state index is 1.15.